The second-order valence-electron chi connectivity index (χ2n) is 5.37. The van der Waals surface area contributed by atoms with E-state index in [1.54, 1.807) is 19.1 Å². The maximum Gasteiger partial charge on any atom is 0.222 e. The van der Waals surface area contributed by atoms with Crippen LogP contribution in [0.2, 0.25) is 0 Å². The molecule has 0 saturated heterocycles. The number of carbonyl (C=O) groups is 1. The molecule has 2 rings (SSSR count). The minimum atomic E-state index is -0.512. The van der Waals surface area contributed by atoms with Crippen LogP contribution in [0.3, 0.4) is 0 Å². The summed E-state index contributed by atoms with van der Waals surface area (Å²) in [5.41, 5.74) is 7.25. The lowest BCUT2D eigenvalue weighted by Crippen LogP contribution is -2.30. The molecular formula is C18H21FN2O2. The molecule has 5 heteroatoms. The van der Waals surface area contributed by atoms with E-state index in [-0.39, 0.29) is 12.3 Å². The zero-order valence-electron chi connectivity index (χ0n) is 13.3. The number of hydrogen-bond acceptors (Lipinski definition) is 3. The van der Waals surface area contributed by atoms with Gasteiger partial charge in [0.25, 0.3) is 0 Å². The standard InChI is InChI=1S/C18H21FN2O2/c1-12(18-14(19)9-6-10-16(18)23-2)21-17(22)11-15(20)13-7-4-3-5-8-13/h3-10,12,15H,11,20H2,1-2H3,(H,21,22). The molecule has 0 aliphatic carbocycles. The van der Waals surface area contributed by atoms with E-state index >= 15 is 0 Å². The third-order valence-electron chi connectivity index (χ3n) is 3.68. The largest absolute Gasteiger partial charge is 0.496 e. The summed E-state index contributed by atoms with van der Waals surface area (Å²) in [7, 11) is 1.47. The minimum Gasteiger partial charge on any atom is -0.496 e. The number of rotatable bonds is 6. The van der Waals surface area contributed by atoms with Crippen molar-refractivity contribution in [1.82, 2.24) is 5.32 Å². The predicted molar refractivity (Wildman–Crippen MR) is 87.5 cm³/mol. The van der Waals surface area contributed by atoms with Gasteiger partial charge in [0.2, 0.25) is 5.91 Å². The highest BCUT2D eigenvalue weighted by molar-refractivity contribution is 5.77. The summed E-state index contributed by atoms with van der Waals surface area (Å²) in [5.74, 6) is -0.242. The van der Waals surface area contributed by atoms with Gasteiger partial charge in [0.1, 0.15) is 11.6 Å². The highest BCUT2D eigenvalue weighted by atomic mass is 19.1. The van der Waals surface area contributed by atoms with Crippen molar-refractivity contribution in [3.05, 3.63) is 65.5 Å². The van der Waals surface area contributed by atoms with Gasteiger partial charge < -0.3 is 15.8 Å². The topological polar surface area (TPSA) is 64.3 Å². The lowest BCUT2D eigenvalue weighted by molar-refractivity contribution is -0.122. The van der Waals surface area contributed by atoms with Gasteiger partial charge in [-0.2, -0.15) is 0 Å². The number of amides is 1. The smallest absolute Gasteiger partial charge is 0.222 e. The van der Waals surface area contributed by atoms with Crippen LogP contribution in [0.1, 0.15) is 36.6 Å². The maximum atomic E-state index is 14.0. The molecule has 23 heavy (non-hydrogen) atoms. The molecule has 0 spiro atoms. The first kappa shape index (κ1) is 17.0. The van der Waals surface area contributed by atoms with Gasteiger partial charge in [-0.05, 0) is 24.6 Å². The fourth-order valence-corrected chi connectivity index (χ4v) is 2.51. The van der Waals surface area contributed by atoms with Crippen molar-refractivity contribution in [3.63, 3.8) is 0 Å². The van der Waals surface area contributed by atoms with Crippen molar-refractivity contribution in [1.29, 1.82) is 0 Å². The molecule has 0 heterocycles. The van der Waals surface area contributed by atoms with E-state index in [9.17, 15) is 9.18 Å². The Hall–Kier alpha value is -2.40. The number of nitrogens with two attached hydrogens (primary N) is 1. The Morgan fingerprint density at radius 3 is 2.57 bits per heavy atom. The van der Waals surface area contributed by atoms with Crippen molar-refractivity contribution in [2.45, 2.75) is 25.4 Å². The van der Waals surface area contributed by atoms with Crippen molar-refractivity contribution in [3.8, 4) is 5.75 Å². The van der Waals surface area contributed by atoms with Crippen LogP contribution in [0.4, 0.5) is 4.39 Å². The maximum absolute atomic E-state index is 14.0. The quantitative estimate of drug-likeness (QED) is 0.860. The number of hydrogen-bond donors (Lipinski definition) is 2. The number of ether oxygens (including phenoxy) is 1. The van der Waals surface area contributed by atoms with Crippen LogP contribution in [0.5, 0.6) is 5.75 Å². The summed E-state index contributed by atoms with van der Waals surface area (Å²) >= 11 is 0. The molecule has 0 fully saturated rings. The van der Waals surface area contributed by atoms with Gasteiger partial charge in [0.15, 0.2) is 0 Å². The Morgan fingerprint density at radius 1 is 1.22 bits per heavy atom. The predicted octanol–water partition coefficient (Wildman–Crippen LogP) is 3.10. The summed E-state index contributed by atoms with van der Waals surface area (Å²) in [5, 5.41) is 2.77. The van der Waals surface area contributed by atoms with Crippen LogP contribution >= 0.6 is 0 Å². The molecule has 3 N–H and O–H groups in total. The van der Waals surface area contributed by atoms with Gasteiger partial charge in [-0.25, -0.2) is 4.39 Å². The Morgan fingerprint density at radius 2 is 1.91 bits per heavy atom. The van der Waals surface area contributed by atoms with E-state index < -0.39 is 17.9 Å². The number of methoxy groups -OCH3 is 1. The molecular weight excluding hydrogens is 295 g/mol. The lowest BCUT2D eigenvalue weighted by atomic mass is 10.0. The van der Waals surface area contributed by atoms with Crippen LogP contribution in [-0.4, -0.2) is 13.0 Å². The van der Waals surface area contributed by atoms with E-state index in [1.165, 1.54) is 13.2 Å². The van der Waals surface area contributed by atoms with Gasteiger partial charge in [-0.3, -0.25) is 4.79 Å². The molecule has 0 aliphatic heterocycles. The molecule has 2 aromatic carbocycles. The Balaban J connectivity index is 2.03. The molecule has 0 radical (unpaired) electrons. The van der Waals surface area contributed by atoms with Crippen molar-refractivity contribution in [2.75, 3.05) is 7.11 Å². The summed E-state index contributed by atoms with van der Waals surface area (Å²) in [4.78, 5) is 12.2. The zero-order valence-corrected chi connectivity index (χ0v) is 13.3. The number of carbonyl (C=O) groups excluding carboxylic acids is 1. The van der Waals surface area contributed by atoms with E-state index in [2.05, 4.69) is 5.32 Å². The number of benzene rings is 2. The molecule has 122 valence electrons. The van der Waals surface area contributed by atoms with Crippen molar-refractivity contribution < 1.29 is 13.9 Å². The third-order valence-corrected chi connectivity index (χ3v) is 3.68. The molecule has 0 saturated carbocycles. The molecule has 2 aromatic rings. The molecule has 0 aromatic heterocycles. The molecule has 2 unspecified atom stereocenters. The van der Waals surface area contributed by atoms with E-state index in [4.69, 9.17) is 10.5 Å². The number of halogens is 1. The van der Waals surface area contributed by atoms with Crippen molar-refractivity contribution in [2.24, 2.45) is 5.73 Å². The fourth-order valence-electron chi connectivity index (χ4n) is 2.51. The molecule has 0 bridgehead atoms. The molecule has 1 amide bonds. The minimum absolute atomic E-state index is 0.130. The highest BCUT2D eigenvalue weighted by Gasteiger charge is 2.19. The second-order valence-corrected chi connectivity index (χ2v) is 5.37. The van der Waals surface area contributed by atoms with Gasteiger partial charge in [-0.15, -0.1) is 0 Å². The SMILES string of the molecule is COc1cccc(F)c1C(C)NC(=O)CC(N)c1ccccc1. The van der Waals surface area contributed by atoms with Crippen LogP contribution in [0, 0.1) is 5.82 Å². The third kappa shape index (κ3) is 4.29. The van der Waals surface area contributed by atoms with Crippen LogP contribution in [0.25, 0.3) is 0 Å². The first-order chi connectivity index (χ1) is 11.0. The first-order valence-electron chi connectivity index (χ1n) is 7.45. The monoisotopic (exact) mass is 316 g/mol. The summed E-state index contributed by atoms with van der Waals surface area (Å²) in [6, 6.07) is 13.1. The van der Waals surface area contributed by atoms with Crippen molar-refractivity contribution >= 4 is 5.91 Å². The van der Waals surface area contributed by atoms with Crippen LogP contribution in [0.15, 0.2) is 48.5 Å². The molecule has 4 nitrogen and oxygen atoms in total. The van der Waals surface area contributed by atoms with Gasteiger partial charge >= 0.3 is 0 Å². The average molecular weight is 316 g/mol. The summed E-state index contributed by atoms with van der Waals surface area (Å²) in [6.07, 6.45) is 0.130. The summed E-state index contributed by atoms with van der Waals surface area (Å²) in [6.45, 7) is 1.72. The molecule has 2 atom stereocenters. The van der Waals surface area contributed by atoms with E-state index in [0.29, 0.717) is 11.3 Å². The average Bonchev–Trinajstić information content (AvgIpc) is 2.54. The number of nitrogens with one attached hydrogen (secondary N) is 1. The lowest BCUT2D eigenvalue weighted by Gasteiger charge is -2.19. The zero-order chi connectivity index (χ0) is 16.8. The van der Waals surface area contributed by atoms with Crippen LogP contribution < -0.4 is 15.8 Å². The second kappa shape index (κ2) is 7.74. The molecule has 0 aliphatic rings. The normalized spacial score (nSPS) is 13.2. The highest BCUT2D eigenvalue weighted by Crippen LogP contribution is 2.27. The van der Waals surface area contributed by atoms with E-state index in [1.807, 2.05) is 30.3 Å². The first-order valence-corrected chi connectivity index (χ1v) is 7.45. The van der Waals surface area contributed by atoms with E-state index in [0.717, 1.165) is 5.56 Å². The van der Waals surface area contributed by atoms with Gasteiger partial charge in [-0.1, -0.05) is 36.4 Å². The van der Waals surface area contributed by atoms with Gasteiger partial charge in [0.05, 0.1) is 18.7 Å². The van der Waals surface area contributed by atoms with Gasteiger partial charge in [0, 0.05) is 12.5 Å². The Labute approximate surface area is 135 Å². The fraction of sp³-hybridized carbons (Fsp3) is 0.278. The Kier molecular flexibility index (Phi) is 5.71. The Bertz CT molecular complexity index is 661. The summed E-state index contributed by atoms with van der Waals surface area (Å²) < 4.78 is 19.2. The van der Waals surface area contributed by atoms with Crippen LogP contribution in [-0.2, 0) is 4.79 Å².